The zero-order valence-corrected chi connectivity index (χ0v) is 20.6. The summed E-state index contributed by atoms with van der Waals surface area (Å²) >= 11 is 0. The molecule has 0 aromatic heterocycles. The van der Waals surface area contributed by atoms with Gasteiger partial charge in [-0.3, -0.25) is 9.89 Å². The third-order valence-electron chi connectivity index (χ3n) is 6.13. The molecule has 1 aromatic carbocycles. The molecule has 0 amide bonds. The van der Waals surface area contributed by atoms with Crippen molar-refractivity contribution in [2.24, 2.45) is 10.9 Å². The minimum absolute atomic E-state index is 0. The lowest BCUT2D eigenvalue weighted by molar-refractivity contribution is 0.186. The maximum absolute atomic E-state index is 4.93. The highest BCUT2D eigenvalue weighted by Gasteiger charge is 2.24. The zero-order chi connectivity index (χ0) is 19.6. The third-order valence-corrected chi connectivity index (χ3v) is 6.13. The maximum Gasteiger partial charge on any atom is 0.191 e. The minimum atomic E-state index is 0. The van der Waals surface area contributed by atoms with Gasteiger partial charge < -0.3 is 15.5 Å². The van der Waals surface area contributed by atoms with E-state index >= 15 is 0 Å². The highest BCUT2D eigenvalue weighted by atomic mass is 127. The smallest absolute Gasteiger partial charge is 0.191 e. The van der Waals surface area contributed by atoms with E-state index in [-0.39, 0.29) is 24.0 Å². The number of guanidine groups is 1. The number of hydrogen-bond acceptors (Lipinski definition) is 3. The van der Waals surface area contributed by atoms with E-state index in [2.05, 4.69) is 64.6 Å². The Morgan fingerprint density at radius 1 is 1.07 bits per heavy atom. The van der Waals surface area contributed by atoms with Crippen molar-refractivity contribution in [2.75, 3.05) is 45.8 Å². The quantitative estimate of drug-likeness (QED) is 0.317. The minimum Gasteiger partial charge on any atom is -0.357 e. The van der Waals surface area contributed by atoms with Crippen molar-refractivity contribution in [3.05, 3.63) is 35.9 Å². The lowest BCUT2D eigenvalue weighted by Gasteiger charge is -2.31. The van der Waals surface area contributed by atoms with E-state index in [0.717, 1.165) is 38.7 Å². The van der Waals surface area contributed by atoms with Crippen molar-refractivity contribution in [1.82, 2.24) is 20.4 Å². The molecule has 3 rings (SSSR count). The lowest BCUT2D eigenvalue weighted by atomic mass is 9.98. The molecule has 2 N–H and O–H groups in total. The van der Waals surface area contributed by atoms with Crippen LogP contribution < -0.4 is 10.6 Å². The molecule has 0 aliphatic carbocycles. The highest BCUT2D eigenvalue weighted by molar-refractivity contribution is 14.0. The van der Waals surface area contributed by atoms with Crippen LogP contribution in [0.15, 0.2) is 35.3 Å². The predicted octanol–water partition coefficient (Wildman–Crippen LogP) is 3.56. The molecule has 2 fully saturated rings. The van der Waals surface area contributed by atoms with Gasteiger partial charge in [-0.25, -0.2) is 0 Å². The van der Waals surface area contributed by atoms with Crippen LogP contribution in [0.1, 0.15) is 45.1 Å². The van der Waals surface area contributed by atoms with Crippen LogP contribution in [-0.4, -0.2) is 67.6 Å². The first-order valence-corrected chi connectivity index (χ1v) is 11.3. The van der Waals surface area contributed by atoms with Crippen LogP contribution in [0, 0.1) is 5.92 Å². The number of halogens is 1. The first-order valence-electron chi connectivity index (χ1n) is 11.3. The molecule has 2 saturated heterocycles. The summed E-state index contributed by atoms with van der Waals surface area (Å²) in [5.74, 6) is 1.69. The molecule has 0 saturated carbocycles. The fourth-order valence-corrected chi connectivity index (χ4v) is 4.52. The number of nitrogens with one attached hydrogen (secondary N) is 2. The van der Waals surface area contributed by atoms with Crippen LogP contribution in [0.3, 0.4) is 0 Å². The number of benzene rings is 1. The molecule has 1 aromatic rings. The molecule has 2 unspecified atom stereocenters. The van der Waals surface area contributed by atoms with Crippen molar-refractivity contribution >= 4 is 29.9 Å². The Kier molecular flexibility index (Phi) is 11.3. The van der Waals surface area contributed by atoms with Gasteiger partial charge in [-0.05, 0) is 63.7 Å². The standard InChI is InChI=1S/C23H39N5.HI/c1-3-24-23(25-16-21-12-8-14-27(4-2)18-21)26-17-22-13-9-15-28(22)19-20-10-6-5-7-11-20;/h5-7,10-11,21-22H,3-4,8-9,12-19H2,1-2H3,(H2,24,25,26);1H. The third kappa shape index (κ3) is 8.06. The number of hydrogen-bond donors (Lipinski definition) is 2. The molecular formula is C23H40IN5. The summed E-state index contributed by atoms with van der Waals surface area (Å²) in [5.41, 5.74) is 1.41. The van der Waals surface area contributed by atoms with Crippen LogP contribution in [0.25, 0.3) is 0 Å². The second-order valence-electron chi connectivity index (χ2n) is 8.25. The van der Waals surface area contributed by atoms with Gasteiger partial charge in [0, 0.05) is 38.8 Å². The molecule has 0 radical (unpaired) electrons. The lowest BCUT2D eigenvalue weighted by Crippen LogP contribution is -2.45. The van der Waals surface area contributed by atoms with Gasteiger partial charge >= 0.3 is 0 Å². The summed E-state index contributed by atoms with van der Waals surface area (Å²) in [6.45, 7) is 13.1. The molecule has 5 nitrogen and oxygen atoms in total. The monoisotopic (exact) mass is 513 g/mol. The Bertz CT molecular complexity index is 594. The number of nitrogens with zero attached hydrogens (tertiary/aromatic N) is 3. The van der Waals surface area contributed by atoms with Crippen molar-refractivity contribution in [1.29, 1.82) is 0 Å². The Labute approximate surface area is 194 Å². The first-order chi connectivity index (χ1) is 13.8. The topological polar surface area (TPSA) is 42.9 Å². The summed E-state index contributed by atoms with van der Waals surface area (Å²) in [7, 11) is 0. The maximum atomic E-state index is 4.93. The number of rotatable bonds is 8. The molecule has 6 heteroatoms. The Hall–Kier alpha value is -0.860. The molecule has 0 spiro atoms. The van der Waals surface area contributed by atoms with Gasteiger partial charge in [0.25, 0.3) is 0 Å². The second-order valence-corrected chi connectivity index (χ2v) is 8.25. The normalized spacial score (nSPS) is 23.6. The summed E-state index contributed by atoms with van der Waals surface area (Å²) in [6.07, 6.45) is 5.19. The van der Waals surface area contributed by atoms with E-state index < -0.39 is 0 Å². The Morgan fingerprint density at radius 3 is 2.62 bits per heavy atom. The van der Waals surface area contributed by atoms with E-state index in [1.165, 1.54) is 50.9 Å². The molecule has 0 bridgehead atoms. The van der Waals surface area contributed by atoms with Gasteiger partial charge in [0.2, 0.25) is 0 Å². The predicted molar refractivity (Wildman–Crippen MR) is 134 cm³/mol. The van der Waals surface area contributed by atoms with E-state index in [4.69, 9.17) is 4.99 Å². The van der Waals surface area contributed by atoms with Gasteiger partial charge in [0.1, 0.15) is 0 Å². The van der Waals surface area contributed by atoms with Crippen LogP contribution in [0.2, 0.25) is 0 Å². The van der Waals surface area contributed by atoms with Gasteiger partial charge in [-0.15, -0.1) is 24.0 Å². The van der Waals surface area contributed by atoms with E-state index in [1.54, 1.807) is 0 Å². The molecule has 164 valence electrons. The zero-order valence-electron chi connectivity index (χ0n) is 18.3. The number of aliphatic imine (C=N–C) groups is 1. The number of likely N-dealkylation sites (tertiary alicyclic amines) is 2. The molecule has 29 heavy (non-hydrogen) atoms. The average molecular weight is 514 g/mol. The average Bonchev–Trinajstić information content (AvgIpc) is 3.18. The Morgan fingerprint density at radius 2 is 1.86 bits per heavy atom. The Balaban J connectivity index is 0.00000300. The summed E-state index contributed by atoms with van der Waals surface area (Å²) in [4.78, 5) is 10.1. The van der Waals surface area contributed by atoms with E-state index in [1.807, 2.05) is 0 Å². The highest BCUT2D eigenvalue weighted by Crippen LogP contribution is 2.19. The van der Waals surface area contributed by atoms with Crippen molar-refractivity contribution in [2.45, 2.75) is 52.1 Å². The van der Waals surface area contributed by atoms with Crippen LogP contribution in [-0.2, 0) is 6.54 Å². The van der Waals surface area contributed by atoms with E-state index in [0.29, 0.717) is 12.0 Å². The van der Waals surface area contributed by atoms with E-state index in [9.17, 15) is 0 Å². The molecule has 2 aliphatic heterocycles. The van der Waals surface area contributed by atoms with Crippen LogP contribution >= 0.6 is 24.0 Å². The van der Waals surface area contributed by atoms with Gasteiger partial charge in [0.15, 0.2) is 5.96 Å². The molecule has 2 aliphatic rings. The van der Waals surface area contributed by atoms with Gasteiger partial charge in [-0.1, -0.05) is 37.3 Å². The summed E-state index contributed by atoms with van der Waals surface area (Å²) < 4.78 is 0. The fraction of sp³-hybridized carbons (Fsp3) is 0.696. The summed E-state index contributed by atoms with van der Waals surface area (Å²) in [5, 5.41) is 7.07. The number of piperidine rings is 1. The molecule has 2 atom stereocenters. The van der Waals surface area contributed by atoms with Crippen molar-refractivity contribution in [3.63, 3.8) is 0 Å². The largest absolute Gasteiger partial charge is 0.357 e. The van der Waals surface area contributed by atoms with Crippen molar-refractivity contribution in [3.8, 4) is 0 Å². The second kappa shape index (κ2) is 13.4. The van der Waals surface area contributed by atoms with Crippen LogP contribution in [0.4, 0.5) is 0 Å². The fourth-order valence-electron chi connectivity index (χ4n) is 4.52. The summed E-state index contributed by atoms with van der Waals surface area (Å²) in [6, 6.07) is 11.4. The van der Waals surface area contributed by atoms with Crippen LogP contribution in [0.5, 0.6) is 0 Å². The van der Waals surface area contributed by atoms with Gasteiger partial charge in [0.05, 0.1) is 0 Å². The molecular weight excluding hydrogens is 473 g/mol. The first kappa shape index (κ1) is 24.4. The van der Waals surface area contributed by atoms with Crippen molar-refractivity contribution < 1.29 is 0 Å². The SMILES string of the molecule is CCNC(=NCC1CCCN(CC)C1)NCC1CCCN1Cc1ccccc1.I. The molecule has 2 heterocycles. The van der Waals surface area contributed by atoms with Gasteiger partial charge in [-0.2, -0.15) is 0 Å².